The number of fused-ring (bicyclic) bond motifs is 1. The molecule has 0 aliphatic heterocycles. The van der Waals surface area contributed by atoms with Crippen LogP contribution in [0, 0.1) is 6.92 Å². The molecule has 124 valence electrons. The number of aromatic nitrogens is 2. The van der Waals surface area contributed by atoms with E-state index in [1.165, 1.54) is 22.3 Å². The van der Waals surface area contributed by atoms with Crippen LogP contribution >= 0.6 is 0 Å². The molecule has 3 heteroatoms. The topological polar surface area (TPSA) is 43.3 Å². The molecule has 0 aliphatic carbocycles. The SMILES string of the molecule is Cc1cccn2c(-c3ccc(-c4ccccc4)cc3)c(CCN)nc12. The first-order valence-electron chi connectivity index (χ1n) is 8.60. The molecule has 2 aromatic heterocycles. The average molecular weight is 327 g/mol. The summed E-state index contributed by atoms with van der Waals surface area (Å²) in [5.41, 5.74) is 13.8. The summed E-state index contributed by atoms with van der Waals surface area (Å²) in [7, 11) is 0. The molecule has 0 aliphatic rings. The van der Waals surface area contributed by atoms with Crippen LogP contribution in [0.15, 0.2) is 72.9 Å². The maximum absolute atomic E-state index is 5.82. The fourth-order valence-corrected chi connectivity index (χ4v) is 3.32. The Labute approximate surface area is 147 Å². The molecular formula is C22H21N3. The van der Waals surface area contributed by atoms with E-state index in [0.29, 0.717) is 6.54 Å². The Hall–Kier alpha value is -2.91. The van der Waals surface area contributed by atoms with Crippen molar-refractivity contribution in [2.45, 2.75) is 13.3 Å². The van der Waals surface area contributed by atoms with Crippen molar-refractivity contribution in [2.75, 3.05) is 6.54 Å². The van der Waals surface area contributed by atoms with E-state index in [4.69, 9.17) is 10.7 Å². The first kappa shape index (κ1) is 15.6. The third-order valence-corrected chi connectivity index (χ3v) is 4.56. The fraction of sp³-hybridized carbons (Fsp3) is 0.136. The van der Waals surface area contributed by atoms with Crippen molar-refractivity contribution < 1.29 is 0 Å². The van der Waals surface area contributed by atoms with Gasteiger partial charge in [-0.2, -0.15) is 0 Å². The van der Waals surface area contributed by atoms with Gasteiger partial charge in [-0.25, -0.2) is 4.98 Å². The molecule has 2 heterocycles. The van der Waals surface area contributed by atoms with E-state index in [1.54, 1.807) is 0 Å². The first-order chi connectivity index (χ1) is 12.3. The van der Waals surface area contributed by atoms with Gasteiger partial charge in [0.15, 0.2) is 0 Å². The van der Waals surface area contributed by atoms with Crippen LogP contribution in [0.3, 0.4) is 0 Å². The number of hydrogen-bond donors (Lipinski definition) is 1. The molecule has 4 aromatic rings. The summed E-state index contributed by atoms with van der Waals surface area (Å²) in [5.74, 6) is 0. The number of nitrogens with two attached hydrogens (primary N) is 1. The van der Waals surface area contributed by atoms with Gasteiger partial charge in [0, 0.05) is 18.2 Å². The lowest BCUT2D eigenvalue weighted by atomic mass is 10.0. The van der Waals surface area contributed by atoms with Crippen LogP contribution in [0.25, 0.3) is 28.0 Å². The largest absolute Gasteiger partial charge is 0.330 e. The molecule has 3 nitrogen and oxygen atoms in total. The molecule has 0 unspecified atom stereocenters. The summed E-state index contributed by atoms with van der Waals surface area (Å²) >= 11 is 0. The van der Waals surface area contributed by atoms with Gasteiger partial charge in [0.2, 0.25) is 0 Å². The predicted molar refractivity (Wildman–Crippen MR) is 104 cm³/mol. The summed E-state index contributed by atoms with van der Waals surface area (Å²) < 4.78 is 2.18. The lowest BCUT2D eigenvalue weighted by molar-refractivity contribution is 0.939. The summed E-state index contributed by atoms with van der Waals surface area (Å²) in [6.45, 7) is 2.69. The highest BCUT2D eigenvalue weighted by molar-refractivity contribution is 5.72. The highest BCUT2D eigenvalue weighted by Gasteiger charge is 2.14. The maximum atomic E-state index is 5.82. The van der Waals surface area contributed by atoms with E-state index in [9.17, 15) is 0 Å². The molecule has 0 atom stereocenters. The van der Waals surface area contributed by atoms with Crippen LogP contribution in [0.5, 0.6) is 0 Å². The third kappa shape index (κ3) is 2.83. The summed E-state index contributed by atoms with van der Waals surface area (Å²) in [5, 5.41) is 0. The molecule has 2 N–H and O–H groups in total. The van der Waals surface area contributed by atoms with Gasteiger partial charge in [0.1, 0.15) is 5.65 Å². The normalized spacial score (nSPS) is 11.1. The Morgan fingerprint density at radius 3 is 2.24 bits per heavy atom. The molecule has 0 radical (unpaired) electrons. The van der Waals surface area contributed by atoms with Gasteiger partial charge in [0.05, 0.1) is 11.4 Å². The van der Waals surface area contributed by atoms with Crippen molar-refractivity contribution in [3.63, 3.8) is 0 Å². The van der Waals surface area contributed by atoms with Crippen molar-refractivity contribution in [1.82, 2.24) is 9.38 Å². The van der Waals surface area contributed by atoms with Crippen LogP contribution in [-0.4, -0.2) is 15.9 Å². The summed E-state index contributed by atoms with van der Waals surface area (Å²) in [6.07, 6.45) is 2.85. The number of pyridine rings is 1. The van der Waals surface area contributed by atoms with E-state index >= 15 is 0 Å². The van der Waals surface area contributed by atoms with Crippen molar-refractivity contribution in [2.24, 2.45) is 5.73 Å². The highest BCUT2D eigenvalue weighted by atomic mass is 15.0. The van der Waals surface area contributed by atoms with E-state index < -0.39 is 0 Å². The van der Waals surface area contributed by atoms with Gasteiger partial charge < -0.3 is 5.73 Å². The van der Waals surface area contributed by atoms with Gasteiger partial charge in [0.25, 0.3) is 0 Å². The third-order valence-electron chi connectivity index (χ3n) is 4.56. The maximum Gasteiger partial charge on any atom is 0.140 e. The lowest BCUT2D eigenvalue weighted by Gasteiger charge is -2.07. The molecule has 0 bridgehead atoms. The molecule has 0 amide bonds. The zero-order valence-corrected chi connectivity index (χ0v) is 14.3. The Morgan fingerprint density at radius 1 is 0.840 bits per heavy atom. The second-order valence-electron chi connectivity index (χ2n) is 6.27. The number of aryl methyl sites for hydroxylation is 1. The highest BCUT2D eigenvalue weighted by Crippen LogP contribution is 2.29. The molecule has 0 saturated heterocycles. The van der Waals surface area contributed by atoms with E-state index in [1.807, 2.05) is 6.07 Å². The molecule has 0 spiro atoms. The van der Waals surface area contributed by atoms with E-state index in [0.717, 1.165) is 23.5 Å². The van der Waals surface area contributed by atoms with Crippen molar-refractivity contribution >= 4 is 5.65 Å². The quantitative estimate of drug-likeness (QED) is 0.600. The minimum absolute atomic E-state index is 0.595. The number of hydrogen-bond acceptors (Lipinski definition) is 2. The van der Waals surface area contributed by atoms with Crippen LogP contribution in [0.1, 0.15) is 11.3 Å². The minimum atomic E-state index is 0.595. The van der Waals surface area contributed by atoms with Gasteiger partial charge in [-0.05, 0) is 36.2 Å². The second-order valence-corrected chi connectivity index (χ2v) is 6.27. The average Bonchev–Trinajstić information content (AvgIpc) is 3.02. The van der Waals surface area contributed by atoms with Gasteiger partial charge in [-0.15, -0.1) is 0 Å². The van der Waals surface area contributed by atoms with Gasteiger partial charge >= 0.3 is 0 Å². The number of benzene rings is 2. The van der Waals surface area contributed by atoms with Gasteiger partial charge in [-0.1, -0.05) is 60.7 Å². The molecule has 0 fully saturated rings. The summed E-state index contributed by atoms with van der Waals surface area (Å²) in [4.78, 5) is 4.84. The number of rotatable bonds is 4. The Balaban J connectivity index is 1.84. The molecule has 2 aromatic carbocycles. The minimum Gasteiger partial charge on any atom is -0.330 e. The van der Waals surface area contributed by atoms with E-state index in [2.05, 4.69) is 78.2 Å². The lowest BCUT2D eigenvalue weighted by Crippen LogP contribution is -2.04. The van der Waals surface area contributed by atoms with Crippen LogP contribution in [-0.2, 0) is 6.42 Å². The Morgan fingerprint density at radius 2 is 1.52 bits per heavy atom. The van der Waals surface area contributed by atoms with Crippen molar-refractivity contribution in [3.05, 3.63) is 84.2 Å². The van der Waals surface area contributed by atoms with Gasteiger partial charge in [-0.3, -0.25) is 4.40 Å². The standard InChI is InChI=1S/C22H21N3/c1-16-6-5-15-25-21(20(13-14-23)24-22(16)25)19-11-9-18(10-12-19)17-7-3-2-4-8-17/h2-12,15H,13-14,23H2,1H3. The zero-order chi connectivity index (χ0) is 17.2. The Bertz CT molecular complexity index is 999. The fourth-order valence-electron chi connectivity index (χ4n) is 3.32. The monoisotopic (exact) mass is 327 g/mol. The van der Waals surface area contributed by atoms with Crippen molar-refractivity contribution in [3.8, 4) is 22.4 Å². The predicted octanol–water partition coefficient (Wildman–Crippen LogP) is 4.48. The number of imidazole rings is 1. The molecule has 25 heavy (non-hydrogen) atoms. The zero-order valence-electron chi connectivity index (χ0n) is 14.3. The number of nitrogens with zero attached hydrogens (tertiary/aromatic N) is 2. The smallest absolute Gasteiger partial charge is 0.140 e. The molecule has 4 rings (SSSR count). The Kier molecular flexibility index (Phi) is 4.08. The van der Waals surface area contributed by atoms with Crippen LogP contribution in [0.2, 0.25) is 0 Å². The first-order valence-corrected chi connectivity index (χ1v) is 8.60. The molecule has 0 saturated carbocycles. The van der Waals surface area contributed by atoms with Crippen LogP contribution < -0.4 is 5.73 Å². The summed E-state index contributed by atoms with van der Waals surface area (Å²) in [6, 6.07) is 23.3. The van der Waals surface area contributed by atoms with E-state index in [-0.39, 0.29) is 0 Å². The van der Waals surface area contributed by atoms with Crippen molar-refractivity contribution in [1.29, 1.82) is 0 Å². The van der Waals surface area contributed by atoms with Crippen LogP contribution in [0.4, 0.5) is 0 Å². The second kappa shape index (κ2) is 6.54. The molecular weight excluding hydrogens is 306 g/mol.